The zero-order valence-electron chi connectivity index (χ0n) is 19.7. The Labute approximate surface area is 199 Å². The first-order valence-corrected chi connectivity index (χ1v) is 11.9. The van der Waals surface area contributed by atoms with Gasteiger partial charge in [0.2, 0.25) is 11.8 Å². The molecule has 1 unspecified atom stereocenters. The molecule has 4 rings (SSSR count). The van der Waals surface area contributed by atoms with E-state index in [9.17, 15) is 19.2 Å². The van der Waals surface area contributed by atoms with Gasteiger partial charge in [-0.3, -0.25) is 24.2 Å². The Morgan fingerprint density at radius 2 is 1.53 bits per heavy atom. The normalized spacial score (nSPS) is 23.9. The van der Waals surface area contributed by atoms with E-state index < -0.39 is 11.6 Å². The fraction of sp³-hybridized carbons (Fsp3) is 0.583. The number of rotatable bonds is 7. The summed E-state index contributed by atoms with van der Waals surface area (Å²) in [5, 5.41) is 2.78. The van der Waals surface area contributed by atoms with Crippen LogP contribution < -0.4 is 5.32 Å². The molecule has 5 amide bonds. The van der Waals surface area contributed by atoms with E-state index >= 15 is 0 Å². The number of nitrogens with one attached hydrogen (secondary N) is 1. The van der Waals surface area contributed by atoms with Gasteiger partial charge in [-0.25, -0.2) is 4.79 Å². The lowest BCUT2D eigenvalue weighted by atomic mass is 9.93. The smallest absolute Gasteiger partial charge is 0.325 e. The fourth-order valence-corrected chi connectivity index (χ4v) is 4.59. The Hall–Kier alpha value is -2.98. The Morgan fingerprint density at radius 3 is 2.21 bits per heavy atom. The summed E-state index contributed by atoms with van der Waals surface area (Å²) in [7, 11) is 0. The largest absolute Gasteiger partial charge is 0.378 e. The Kier molecular flexibility index (Phi) is 7.47. The quantitative estimate of drug-likeness (QED) is 0.559. The molecule has 0 spiro atoms. The van der Waals surface area contributed by atoms with Crippen LogP contribution in [0.3, 0.4) is 0 Å². The molecule has 3 heterocycles. The van der Waals surface area contributed by atoms with Crippen molar-refractivity contribution in [2.24, 2.45) is 0 Å². The number of benzene rings is 1. The van der Waals surface area contributed by atoms with Gasteiger partial charge in [-0.2, -0.15) is 0 Å². The summed E-state index contributed by atoms with van der Waals surface area (Å²) in [5.41, 5.74) is 0.0661. The predicted molar refractivity (Wildman–Crippen MR) is 124 cm³/mol. The molecule has 0 radical (unpaired) electrons. The maximum absolute atomic E-state index is 13.0. The summed E-state index contributed by atoms with van der Waals surface area (Å²) in [4.78, 5) is 57.4. The molecule has 1 N–H and O–H groups in total. The van der Waals surface area contributed by atoms with E-state index in [0.717, 1.165) is 10.5 Å². The number of carbonyl (C=O) groups is 4. The first-order valence-electron chi connectivity index (χ1n) is 11.9. The summed E-state index contributed by atoms with van der Waals surface area (Å²) in [6.07, 6.45) is 1.11. The van der Waals surface area contributed by atoms with E-state index in [4.69, 9.17) is 4.74 Å². The highest BCUT2D eigenvalue weighted by atomic mass is 16.5. The third-order valence-corrected chi connectivity index (χ3v) is 6.84. The fourth-order valence-electron chi connectivity index (χ4n) is 4.59. The lowest BCUT2D eigenvalue weighted by Crippen LogP contribution is -2.54. The van der Waals surface area contributed by atoms with E-state index in [-0.39, 0.29) is 24.3 Å². The highest BCUT2D eigenvalue weighted by molar-refractivity contribution is 6.08. The van der Waals surface area contributed by atoms with Gasteiger partial charge in [0, 0.05) is 39.3 Å². The number of imide groups is 1. The zero-order chi connectivity index (χ0) is 24.1. The average molecular weight is 472 g/mol. The molecule has 10 nitrogen and oxygen atoms in total. The predicted octanol–water partition coefficient (Wildman–Crippen LogP) is -0.0673. The van der Waals surface area contributed by atoms with Crippen molar-refractivity contribution in [3.8, 4) is 0 Å². The third-order valence-electron chi connectivity index (χ3n) is 6.84. The molecule has 0 bridgehead atoms. The molecule has 3 aliphatic heterocycles. The van der Waals surface area contributed by atoms with Gasteiger partial charge in [0.15, 0.2) is 0 Å². The van der Waals surface area contributed by atoms with Crippen molar-refractivity contribution in [2.45, 2.75) is 25.3 Å². The molecule has 1 aromatic carbocycles. The van der Waals surface area contributed by atoms with Crippen LogP contribution in [0, 0.1) is 0 Å². The van der Waals surface area contributed by atoms with Crippen molar-refractivity contribution in [3.05, 3.63) is 35.9 Å². The molecule has 34 heavy (non-hydrogen) atoms. The number of hydrogen-bond acceptors (Lipinski definition) is 6. The van der Waals surface area contributed by atoms with Crippen LogP contribution in [0.5, 0.6) is 0 Å². The number of hydrogen-bond donors (Lipinski definition) is 1. The van der Waals surface area contributed by atoms with Crippen LogP contribution in [0.15, 0.2) is 30.3 Å². The van der Waals surface area contributed by atoms with Crippen molar-refractivity contribution < 1.29 is 23.9 Å². The van der Waals surface area contributed by atoms with Crippen LogP contribution in [0.1, 0.15) is 18.9 Å². The Balaban J connectivity index is 1.24. The van der Waals surface area contributed by atoms with Gasteiger partial charge in [0.05, 0.1) is 19.8 Å². The number of morpholine rings is 1. The number of piperazine rings is 1. The molecular formula is C24H33N5O5. The SMILES string of the molecule is CC1(CCc2ccccc2)NC(=O)N(CC(=O)N2CCN(CC(=O)N3CCOCC3)CC2)C1=O. The second-order valence-electron chi connectivity index (χ2n) is 9.29. The minimum atomic E-state index is -1.02. The standard InChI is InChI=1S/C24H33N5O5/c1-24(8-7-19-5-3-2-4-6-19)22(32)29(23(33)25-24)18-21(31)27-11-9-26(10-12-27)17-20(30)28-13-15-34-16-14-28/h2-6H,7-18H2,1H3,(H,25,33). The first kappa shape index (κ1) is 24.2. The third kappa shape index (κ3) is 5.56. The summed E-state index contributed by atoms with van der Waals surface area (Å²) in [5.74, 6) is -0.538. The van der Waals surface area contributed by atoms with E-state index in [1.165, 1.54) is 0 Å². The Bertz CT molecular complexity index is 912. The van der Waals surface area contributed by atoms with Crippen LogP contribution in [0.2, 0.25) is 0 Å². The van der Waals surface area contributed by atoms with Crippen LogP contribution >= 0.6 is 0 Å². The lowest BCUT2D eigenvalue weighted by Gasteiger charge is -2.36. The molecule has 3 fully saturated rings. The first-order chi connectivity index (χ1) is 16.4. The van der Waals surface area contributed by atoms with E-state index in [1.54, 1.807) is 11.8 Å². The lowest BCUT2D eigenvalue weighted by molar-refractivity contribution is -0.141. The van der Waals surface area contributed by atoms with Gasteiger partial charge in [0.25, 0.3) is 5.91 Å². The van der Waals surface area contributed by atoms with Gasteiger partial charge in [0.1, 0.15) is 12.1 Å². The molecule has 1 atom stereocenters. The van der Waals surface area contributed by atoms with Crippen LogP contribution in [0.4, 0.5) is 4.79 Å². The van der Waals surface area contributed by atoms with Crippen molar-refractivity contribution in [1.82, 2.24) is 24.9 Å². The van der Waals surface area contributed by atoms with Crippen molar-refractivity contribution in [2.75, 3.05) is 65.6 Å². The van der Waals surface area contributed by atoms with Crippen molar-refractivity contribution >= 4 is 23.8 Å². The molecule has 0 aliphatic carbocycles. The van der Waals surface area contributed by atoms with Gasteiger partial charge in [-0.05, 0) is 25.3 Å². The number of ether oxygens (including phenoxy) is 1. The number of nitrogens with zero attached hydrogens (tertiary/aromatic N) is 4. The average Bonchev–Trinajstić information content (AvgIpc) is 3.07. The molecule has 184 valence electrons. The highest BCUT2D eigenvalue weighted by Gasteiger charge is 2.48. The number of aryl methyl sites for hydroxylation is 1. The maximum atomic E-state index is 13.0. The van der Waals surface area contributed by atoms with Crippen LogP contribution in [-0.2, 0) is 25.5 Å². The summed E-state index contributed by atoms with van der Waals surface area (Å²) in [6, 6.07) is 9.26. The molecule has 3 saturated heterocycles. The maximum Gasteiger partial charge on any atom is 0.325 e. The van der Waals surface area contributed by atoms with Gasteiger partial charge in [-0.15, -0.1) is 0 Å². The molecule has 1 aromatic rings. The minimum Gasteiger partial charge on any atom is -0.378 e. The van der Waals surface area contributed by atoms with Crippen LogP contribution in [-0.4, -0.2) is 114 Å². The number of amides is 5. The van der Waals surface area contributed by atoms with Crippen molar-refractivity contribution in [3.63, 3.8) is 0 Å². The minimum absolute atomic E-state index is 0.0807. The second-order valence-corrected chi connectivity index (χ2v) is 9.29. The summed E-state index contributed by atoms with van der Waals surface area (Å²) < 4.78 is 5.29. The molecule has 3 aliphatic rings. The Morgan fingerprint density at radius 1 is 0.912 bits per heavy atom. The zero-order valence-corrected chi connectivity index (χ0v) is 19.7. The monoisotopic (exact) mass is 471 g/mol. The molecule has 0 saturated carbocycles. The molecular weight excluding hydrogens is 438 g/mol. The van der Waals surface area contributed by atoms with E-state index in [1.807, 2.05) is 40.1 Å². The second kappa shape index (κ2) is 10.5. The summed E-state index contributed by atoms with van der Waals surface area (Å²) in [6.45, 7) is 6.24. The topological polar surface area (TPSA) is 102 Å². The molecule has 10 heteroatoms. The van der Waals surface area contributed by atoms with Gasteiger partial charge < -0.3 is 19.9 Å². The van der Waals surface area contributed by atoms with E-state index in [0.29, 0.717) is 71.9 Å². The molecule has 0 aromatic heterocycles. The highest BCUT2D eigenvalue weighted by Crippen LogP contribution is 2.23. The van der Waals surface area contributed by atoms with E-state index in [2.05, 4.69) is 5.32 Å². The van der Waals surface area contributed by atoms with Gasteiger partial charge >= 0.3 is 6.03 Å². The summed E-state index contributed by atoms with van der Waals surface area (Å²) >= 11 is 0. The number of carbonyl (C=O) groups excluding carboxylic acids is 4. The number of urea groups is 1. The van der Waals surface area contributed by atoms with Crippen LogP contribution in [0.25, 0.3) is 0 Å². The van der Waals surface area contributed by atoms with Crippen molar-refractivity contribution in [1.29, 1.82) is 0 Å². The van der Waals surface area contributed by atoms with Gasteiger partial charge in [-0.1, -0.05) is 30.3 Å².